The van der Waals surface area contributed by atoms with Crippen molar-refractivity contribution >= 4 is 5.91 Å². The summed E-state index contributed by atoms with van der Waals surface area (Å²) in [5, 5.41) is 3.65. The van der Waals surface area contributed by atoms with Crippen molar-refractivity contribution in [2.45, 2.75) is 31.5 Å². The van der Waals surface area contributed by atoms with E-state index in [0.29, 0.717) is 37.4 Å². The van der Waals surface area contributed by atoms with Crippen molar-refractivity contribution in [1.29, 1.82) is 0 Å². The molecule has 0 N–H and O–H groups in total. The zero-order valence-corrected chi connectivity index (χ0v) is 15.7. The van der Waals surface area contributed by atoms with E-state index >= 15 is 0 Å². The Morgan fingerprint density at radius 2 is 1.96 bits per heavy atom. The number of halogens is 3. The molecule has 3 rings (SSSR count). The lowest BCUT2D eigenvalue weighted by Gasteiger charge is -2.33. The number of nitrogens with zero attached hydrogens (tertiary/aromatic N) is 3. The number of methoxy groups -OCH3 is 2. The smallest absolute Gasteiger partial charge is 0.435 e. The molecular formula is C19H22F3N3O3. The van der Waals surface area contributed by atoms with E-state index < -0.39 is 11.9 Å². The molecule has 1 fully saturated rings. The minimum atomic E-state index is -4.47. The molecule has 0 aliphatic carbocycles. The number of benzene rings is 1. The van der Waals surface area contributed by atoms with Crippen LogP contribution in [0.3, 0.4) is 0 Å². The first kappa shape index (κ1) is 20.0. The van der Waals surface area contributed by atoms with Gasteiger partial charge in [-0.1, -0.05) is 6.07 Å². The van der Waals surface area contributed by atoms with Gasteiger partial charge in [0.05, 0.1) is 26.7 Å². The Bertz CT molecular complexity index is 835. The van der Waals surface area contributed by atoms with Crippen LogP contribution in [-0.2, 0) is 17.4 Å². The van der Waals surface area contributed by atoms with Crippen LogP contribution in [0.5, 0.6) is 11.5 Å². The van der Waals surface area contributed by atoms with E-state index in [-0.39, 0.29) is 18.4 Å². The standard InChI is InChI=1S/C19H22F3N3O3/c1-27-15-6-5-13(10-16(15)28-2)11-18(26)24-8-3-4-14(12-24)25-9-7-17(23-25)19(20,21)22/h5-7,9-10,14H,3-4,8,11-12H2,1-2H3/t14-/m1/s1. The van der Waals surface area contributed by atoms with Crippen molar-refractivity contribution in [2.75, 3.05) is 27.3 Å². The highest BCUT2D eigenvalue weighted by molar-refractivity contribution is 5.79. The summed E-state index contributed by atoms with van der Waals surface area (Å²) in [4.78, 5) is 14.4. The molecule has 1 amide bonds. The number of ether oxygens (including phenoxy) is 2. The second-order valence-corrected chi connectivity index (χ2v) is 6.68. The van der Waals surface area contributed by atoms with Crippen LogP contribution in [0, 0.1) is 0 Å². The molecule has 1 aliphatic heterocycles. The molecule has 28 heavy (non-hydrogen) atoms. The van der Waals surface area contributed by atoms with Crippen LogP contribution in [0.25, 0.3) is 0 Å². The number of hydrogen-bond acceptors (Lipinski definition) is 4. The maximum Gasteiger partial charge on any atom is 0.435 e. The Labute approximate surface area is 160 Å². The Hall–Kier alpha value is -2.71. The molecule has 1 aliphatic rings. The number of piperidine rings is 1. The van der Waals surface area contributed by atoms with Gasteiger partial charge in [-0.2, -0.15) is 18.3 Å². The number of carbonyl (C=O) groups is 1. The van der Waals surface area contributed by atoms with Gasteiger partial charge in [0, 0.05) is 19.3 Å². The number of rotatable bonds is 5. The summed E-state index contributed by atoms with van der Waals surface area (Å²) in [5.74, 6) is 1.04. The van der Waals surface area contributed by atoms with Crippen LogP contribution in [0.15, 0.2) is 30.5 Å². The summed E-state index contributed by atoms with van der Waals surface area (Å²) in [6, 6.07) is 5.98. The van der Waals surface area contributed by atoms with Gasteiger partial charge in [0.2, 0.25) is 5.91 Å². The Kier molecular flexibility index (Phi) is 5.81. The number of carbonyl (C=O) groups excluding carboxylic acids is 1. The van der Waals surface area contributed by atoms with Gasteiger partial charge in [0.1, 0.15) is 0 Å². The lowest BCUT2D eigenvalue weighted by atomic mass is 10.0. The topological polar surface area (TPSA) is 56.6 Å². The Morgan fingerprint density at radius 3 is 2.61 bits per heavy atom. The van der Waals surface area contributed by atoms with Crippen LogP contribution in [0.1, 0.15) is 30.1 Å². The maximum atomic E-state index is 12.8. The summed E-state index contributed by atoms with van der Waals surface area (Å²) in [6.45, 7) is 0.918. The molecular weight excluding hydrogens is 375 g/mol. The van der Waals surface area contributed by atoms with Crippen molar-refractivity contribution in [3.63, 3.8) is 0 Å². The third-order valence-electron chi connectivity index (χ3n) is 4.83. The predicted molar refractivity (Wildman–Crippen MR) is 95.3 cm³/mol. The van der Waals surface area contributed by atoms with Gasteiger partial charge >= 0.3 is 6.18 Å². The molecule has 6 nitrogen and oxygen atoms in total. The quantitative estimate of drug-likeness (QED) is 0.777. The highest BCUT2D eigenvalue weighted by atomic mass is 19.4. The average molecular weight is 397 g/mol. The molecule has 2 aromatic rings. The lowest BCUT2D eigenvalue weighted by molar-refractivity contribution is -0.142. The number of hydrogen-bond donors (Lipinski definition) is 0. The largest absolute Gasteiger partial charge is 0.493 e. The van der Waals surface area contributed by atoms with Gasteiger partial charge in [-0.3, -0.25) is 9.48 Å². The van der Waals surface area contributed by atoms with Crippen molar-refractivity contribution in [3.05, 3.63) is 41.7 Å². The van der Waals surface area contributed by atoms with Gasteiger partial charge in [-0.25, -0.2) is 0 Å². The Balaban J connectivity index is 1.67. The summed E-state index contributed by atoms with van der Waals surface area (Å²) >= 11 is 0. The molecule has 0 unspecified atom stereocenters. The van der Waals surface area contributed by atoms with E-state index in [2.05, 4.69) is 5.10 Å². The van der Waals surface area contributed by atoms with Crippen LogP contribution in [-0.4, -0.2) is 47.9 Å². The minimum absolute atomic E-state index is 0.0832. The molecule has 1 atom stereocenters. The van der Waals surface area contributed by atoms with Crippen molar-refractivity contribution < 1.29 is 27.4 Å². The fraction of sp³-hybridized carbons (Fsp3) is 0.474. The first-order chi connectivity index (χ1) is 13.3. The normalized spacial score (nSPS) is 17.5. The fourth-order valence-electron chi connectivity index (χ4n) is 3.37. The van der Waals surface area contributed by atoms with Crippen LogP contribution < -0.4 is 9.47 Å². The second kappa shape index (κ2) is 8.12. The summed E-state index contributed by atoms with van der Waals surface area (Å²) in [5.41, 5.74) is -0.135. The van der Waals surface area contributed by atoms with E-state index in [1.807, 2.05) is 0 Å². The highest BCUT2D eigenvalue weighted by Gasteiger charge is 2.34. The average Bonchev–Trinajstić information content (AvgIpc) is 3.19. The van der Waals surface area contributed by atoms with Crippen LogP contribution in [0.4, 0.5) is 13.2 Å². The molecule has 9 heteroatoms. The summed E-state index contributed by atoms with van der Waals surface area (Å²) in [6.07, 6.45) is -1.57. The van der Waals surface area contributed by atoms with Crippen LogP contribution >= 0.6 is 0 Å². The van der Waals surface area contributed by atoms with E-state index in [0.717, 1.165) is 11.6 Å². The summed E-state index contributed by atoms with van der Waals surface area (Å²) < 4.78 is 50.1. The first-order valence-corrected chi connectivity index (χ1v) is 8.93. The molecule has 0 saturated carbocycles. The first-order valence-electron chi connectivity index (χ1n) is 8.93. The van der Waals surface area contributed by atoms with Gasteiger partial charge in [0.25, 0.3) is 0 Å². The van der Waals surface area contributed by atoms with Crippen molar-refractivity contribution in [2.24, 2.45) is 0 Å². The molecule has 2 heterocycles. The van der Waals surface area contributed by atoms with Gasteiger partial charge in [0.15, 0.2) is 17.2 Å². The molecule has 1 aromatic heterocycles. The molecule has 152 valence electrons. The number of amides is 1. The molecule has 1 aromatic carbocycles. The van der Waals surface area contributed by atoms with Gasteiger partial charge in [-0.05, 0) is 36.6 Å². The van der Waals surface area contributed by atoms with Crippen LogP contribution in [0.2, 0.25) is 0 Å². The lowest BCUT2D eigenvalue weighted by Crippen LogP contribution is -2.41. The van der Waals surface area contributed by atoms with Gasteiger partial charge < -0.3 is 14.4 Å². The second-order valence-electron chi connectivity index (χ2n) is 6.68. The monoisotopic (exact) mass is 397 g/mol. The molecule has 0 spiro atoms. The van der Waals surface area contributed by atoms with Crippen molar-refractivity contribution in [1.82, 2.24) is 14.7 Å². The third-order valence-corrected chi connectivity index (χ3v) is 4.83. The Morgan fingerprint density at radius 1 is 1.21 bits per heavy atom. The zero-order valence-electron chi connectivity index (χ0n) is 15.7. The SMILES string of the molecule is COc1ccc(CC(=O)N2CCC[C@@H](n3ccc(C(F)(F)F)n3)C2)cc1OC. The fourth-order valence-corrected chi connectivity index (χ4v) is 3.37. The van der Waals surface area contributed by atoms with E-state index in [9.17, 15) is 18.0 Å². The number of alkyl halides is 3. The molecule has 1 saturated heterocycles. The molecule has 0 radical (unpaired) electrons. The van der Waals surface area contributed by atoms with Crippen molar-refractivity contribution in [3.8, 4) is 11.5 Å². The number of likely N-dealkylation sites (tertiary alicyclic amines) is 1. The third kappa shape index (κ3) is 4.40. The van der Waals surface area contributed by atoms with E-state index in [1.54, 1.807) is 23.1 Å². The maximum absolute atomic E-state index is 12.8. The van der Waals surface area contributed by atoms with E-state index in [1.165, 1.54) is 25.1 Å². The highest BCUT2D eigenvalue weighted by Crippen LogP contribution is 2.30. The molecule has 0 bridgehead atoms. The summed E-state index contributed by atoms with van der Waals surface area (Å²) in [7, 11) is 3.06. The minimum Gasteiger partial charge on any atom is -0.493 e. The van der Waals surface area contributed by atoms with Gasteiger partial charge in [-0.15, -0.1) is 0 Å². The predicted octanol–water partition coefficient (Wildman–Crippen LogP) is 3.33. The number of aromatic nitrogens is 2. The van der Waals surface area contributed by atoms with E-state index in [4.69, 9.17) is 9.47 Å². The zero-order chi connectivity index (χ0) is 20.3.